The highest BCUT2D eigenvalue weighted by Gasteiger charge is 2.17. The van der Waals surface area contributed by atoms with Crippen LogP contribution in [0.1, 0.15) is 28.1 Å². The van der Waals surface area contributed by atoms with Gasteiger partial charge < -0.3 is 20.9 Å². The van der Waals surface area contributed by atoms with Crippen molar-refractivity contribution < 1.29 is 4.79 Å². The van der Waals surface area contributed by atoms with Gasteiger partial charge in [0.2, 0.25) is 5.95 Å². The number of carbonyl (C=O) groups excluding carboxylic acids is 1. The second-order valence-electron chi connectivity index (χ2n) is 8.48. The van der Waals surface area contributed by atoms with E-state index in [1.165, 1.54) is 24.2 Å². The lowest BCUT2D eigenvalue weighted by atomic mass is 10.3. The van der Waals surface area contributed by atoms with Gasteiger partial charge in [-0.05, 0) is 44.5 Å². The van der Waals surface area contributed by atoms with Crippen LogP contribution in [0.3, 0.4) is 0 Å². The number of aromatic nitrogens is 6. The van der Waals surface area contributed by atoms with Gasteiger partial charge in [0, 0.05) is 39.6 Å². The Hall–Kier alpha value is -3.51. The molecule has 0 aliphatic carbocycles. The summed E-state index contributed by atoms with van der Waals surface area (Å²) in [6.45, 7) is 5.81. The van der Waals surface area contributed by atoms with Crippen molar-refractivity contribution in [2.75, 3.05) is 36.8 Å². The minimum Gasteiger partial charge on any atom is -0.350 e. The van der Waals surface area contributed by atoms with Crippen LogP contribution in [0.5, 0.6) is 0 Å². The van der Waals surface area contributed by atoms with Gasteiger partial charge in [0.25, 0.3) is 5.91 Å². The molecular formula is C22H28N10OS. The zero-order chi connectivity index (χ0) is 23.7. The standard InChI is InChI=1S/C22H28N10OS/c1-14-10-17(20(33)23-6-9-32-7-4-5-8-32)34-21(14)27-18-16-12-24-22(28-19(16)31(3)29-18)26-15-11-25-30(2)13-15/h10-13H,4-9H2,1-3H3,(H,23,33)(H,27,29)(H,24,26,28). The summed E-state index contributed by atoms with van der Waals surface area (Å²) in [5.74, 6) is 1.08. The summed E-state index contributed by atoms with van der Waals surface area (Å²) in [5, 5.41) is 20.0. The minimum absolute atomic E-state index is 0.0410. The summed E-state index contributed by atoms with van der Waals surface area (Å²) < 4.78 is 3.42. The highest BCUT2D eigenvalue weighted by Crippen LogP contribution is 2.32. The van der Waals surface area contributed by atoms with Crippen LogP contribution in [0.15, 0.2) is 24.7 Å². The lowest BCUT2D eigenvalue weighted by Gasteiger charge is -2.14. The van der Waals surface area contributed by atoms with Crippen LogP contribution in [-0.4, -0.2) is 66.5 Å². The Balaban J connectivity index is 1.28. The van der Waals surface area contributed by atoms with E-state index >= 15 is 0 Å². The van der Waals surface area contributed by atoms with E-state index in [4.69, 9.17) is 0 Å². The number of amides is 1. The zero-order valence-corrected chi connectivity index (χ0v) is 20.3. The molecule has 12 heteroatoms. The third kappa shape index (κ3) is 4.73. The Kier molecular flexibility index (Phi) is 6.16. The van der Waals surface area contributed by atoms with E-state index in [9.17, 15) is 4.79 Å². The quantitative estimate of drug-likeness (QED) is 0.352. The van der Waals surface area contributed by atoms with Crippen molar-refractivity contribution >= 4 is 50.7 Å². The van der Waals surface area contributed by atoms with Gasteiger partial charge in [0.15, 0.2) is 11.5 Å². The SMILES string of the molecule is Cc1cc(C(=O)NCCN2CCCC2)sc1Nc1nn(C)c2nc(Nc3cnn(C)c3)ncc12. The fourth-order valence-electron chi connectivity index (χ4n) is 4.05. The molecule has 178 valence electrons. The highest BCUT2D eigenvalue weighted by molar-refractivity contribution is 7.18. The number of fused-ring (bicyclic) bond motifs is 1. The first-order valence-electron chi connectivity index (χ1n) is 11.3. The summed E-state index contributed by atoms with van der Waals surface area (Å²) in [6.07, 6.45) is 7.81. The first-order valence-corrected chi connectivity index (χ1v) is 12.1. The lowest BCUT2D eigenvalue weighted by Crippen LogP contribution is -2.33. The Morgan fingerprint density at radius 2 is 2.00 bits per heavy atom. The molecule has 34 heavy (non-hydrogen) atoms. The number of aryl methyl sites for hydroxylation is 3. The molecule has 3 N–H and O–H groups in total. The van der Waals surface area contributed by atoms with Crippen LogP contribution in [0, 0.1) is 6.92 Å². The van der Waals surface area contributed by atoms with E-state index in [0.29, 0.717) is 28.8 Å². The molecule has 1 amide bonds. The van der Waals surface area contributed by atoms with Crippen molar-refractivity contribution in [1.29, 1.82) is 0 Å². The van der Waals surface area contributed by atoms with E-state index in [-0.39, 0.29) is 5.91 Å². The van der Waals surface area contributed by atoms with Crippen LogP contribution >= 0.6 is 11.3 Å². The summed E-state index contributed by atoms with van der Waals surface area (Å²) >= 11 is 1.42. The van der Waals surface area contributed by atoms with E-state index in [1.807, 2.05) is 33.3 Å². The number of thiophene rings is 1. The molecule has 0 aromatic carbocycles. The average Bonchev–Trinajstić information content (AvgIpc) is 3.60. The molecule has 1 saturated heterocycles. The van der Waals surface area contributed by atoms with Crippen LogP contribution in [0.4, 0.5) is 22.5 Å². The number of rotatable bonds is 8. The van der Waals surface area contributed by atoms with Gasteiger partial charge >= 0.3 is 0 Å². The predicted molar refractivity (Wildman–Crippen MR) is 133 cm³/mol. The average molecular weight is 481 g/mol. The Labute approximate surface area is 201 Å². The molecule has 11 nitrogen and oxygen atoms in total. The molecule has 0 saturated carbocycles. The fraction of sp³-hybridized carbons (Fsp3) is 0.409. The third-order valence-electron chi connectivity index (χ3n) is 5.83. The van der Waals surface area contributed by atoms with Crippen LogP contribution in [0.2, 0.25) is 0 Å². The molecule has 1 aliphatic rings. The highest BCUT2D eigenvalue weighted by atomic mass is 32.1. The largest absolute Gasteiger partial charge is 0.350 e. The van der Waals surface area contributed by atoms with E-state index in [2.05, 4.69) is 41.0 Å². The third-order valence-corrected chi connectivity index (χ3v) is 6.98. The van der Waals surface area contributed by atoms with E-state index in [0.717, 1.165) is 41.3 Å². The zero-order valence-electron chi connectivity index (χ0n) is 19.5. The van der Waals surface area contributed by atoms with Gasteiger partial charge in [0.05, 0.1) is 27.1 Å². The van der Waals surface area contributed by atoms with Crippen LogP contribution in [0.25, 0.3) is 11.0 Å². The van der Waals surface area contributed by atoms with Gasteiger partial charge in [-0.2, -0.15) is 15.2 Å². The molecule has 0 radical (unpaired) electrons. The van der Waals surface area contributed by atoms with Gasteiger partial charge in [-0.25, -0.2) is 9.67 Å². The molecule has 4 aromatic heterocycles. The van der Waals surface area contributed by atoms with E-state index in [1.54, 1.807) is 21.8 Å². The maximum Gasteiger partial charge on any atom is 0.261 e. The Morgan fingerprint density at radius 1 is 1.18 bits per heavy atom. The molecule has 4 aromatic rings. The molecule has 0 atom stereocenters. The van der Waals surface area contributed by atoms with Gasteiger partial charge in [-0.3, -0.25) is 9.48 Å². The van der Waals surface area contributed by atoms with Crippen molar-refractivity contribution in [3.63, 3.8) is 0 Å². The predicted octanol–water partition coefficient (Wildman–Crippen LogP) is 2.78. The monoisotopic (exact) mass is 480 g/mol. The van der Waals surface area contributed by atoms with Crippen LogP contribution < -0.4 is 16.0 Å². The summed E-state index contributed by atoms with van der Waals surface area (Å²) in [6, 6.07) is 1.91. The minimum atomic E-state index is -0.0410. The maximum absolute atomic E-state index is 12.6. The Morgan fingerprint density at radius 3 is 2.76 bits per heavy atom. The number of anilines is 4. The van der Waals surface area contributed by atoms with Gasteiger partial charge in [-0.1, -0.05) is 0 Å². The van der Waals surface area contributed by atoms with Crippen molar-refractivity contribution in [3.05, 3.63) is 35.1 Å². The molecule has 1 aliphatic heterocycles. The van der Waals surface area contributed by atoms with Crippen molar-refractivity contribution in [1.82, 2.24) is 39.7 Å². The summed E-state index contributed by atoms with van der Waals surface area (Å²) in [4.78, 5) is 24.7. The number of nitrogens with zero attached hydrogens (tertiary/aromatic N) is 7. The number of nitrogens with one attached hydrogen (secondary N) is 3. The summed E-state index contributed by atoms with van der Waals surface area (Å²) in [7, 11) is 3.69. The normalized spacial score (nSPS) is 14.1. The molecule has 1 fully saturated rings. The van der Waals surface area contributed by atoms with Crippen LogP contribution in [-0.2, 0) is 14.1 Å². The Bertz CT molecular complexity index is 1320. The fourth-order valence-corrected chi connectivity index (χ4v) is 5.04. The van der Waals surface area contributed by atoms with Gasteiger partial charge in [-0.15, -0.1) is 11.3 Å². The second-order valence-corrected chi connectivity index (χ2v) is 9.54. The smallest absolute Gasteiger partial charge is 0.261 e. The number of carbonyl (C=O) groups is 1. The number of hydrogen-bond donors (Lipinski definition) is 3. The topological polar surface area (TPSA) is 118 Å². The number of hydrogen-bond acceptors (Lipinski definition) is 9. The molecule has 5 heterocycles. The maximum atomic E-state index is 12.6. The lowest BCUT2D eigenvalue weighted by molar-refractivity contribution is 0.0953. The second kappa shape index (κ2) is 9.39. The van der Waals surface area contributed by atoms with Crippen molar-refractivity contribution in [2.45, 2.75) is 19.8 Å². The molecule has 0 unspecified atom stereocenters. The first kappa shape index (κ1) is 22.3. The summed E-state index contributed by atoms with van der Waals surface area (Å²) in [5.41, 5.74) is 2.49. The van der Waals surface area contributed by atoms with E-state index < -0.39 is 0 Å². The molecular weight excluding hydrogens is 452 g/mol. The van der Waals surface area contributed by atoms with Crippen molar-refractivity contribution in [2.24, 2.45) is 14.1 Å². The molecule has 0 bridgehead atoms. The molecule has 5 rings (SSSR count). The van der Waals surface area contributed by atoms with Gasteiger partial charge in [0.1, 0.15) is 0 Å². The molecule has 0 spiro atoms. The number of likely N-dealkylation sites (tertiary alicyclic amines) is 1. The first-order chi connectivity index (χ1) is 16.5. The van der Waals surface area contributed by atoms with Crippen molar-refractivity contribution in [3.8, 4) is 0 Å².